The van der Waals surface area contributed by atoms with E-state index in [-0.39, 0.29) is 23.5 Å². The van der Waals surface area contributed by atoms with Gasteiger partial charge in [0.25, 0.3) is 0 Å². The van der Waals surface area contributed by atoms with E-state index in [1.54, 1.807) is 6.20 Å². The van der Waals surface area contributed by atoms with Crippen LogP contribution in [0.3, 0.4) is 0 Å². The zero-order chi connectivity index (χ0) is 24.6. The van der Waals surface area contributed by atoms with Crippen molar-refractivity contribution in [1.29, 1.82) is 5.26 Å². The molecule has 0 N–H and O–H groups in total. The first kappa shape index (κ1) is 27.0. The fourth-order valence-electron chi connectivity index (χ4n) is 3.45. The summed E-state index contributed by atoms with van der Waals surface area (Å²) in [6.07, 6.45) is 3.02. The molecule has 0 amide bonds. The van der Waals surface area contributed by atoms with Crippen molar-refractivity contribution in [1.82, 2.24) is 4.98 Å². The molecule has 0 aliphatic rings. The molecule has 1 aromatic heterocycles. The average molecular weight is 487 g/mol. The van der Waals surface area contributed by atoms with Gasteiger partial charge in [0.2, 0.25) is 0 Å². The molecule has 0 spiro atoms. The molecule has 0 aliphatic carbocycles. The van der Waals surface area contributed by atoms with Gasteiger partial charge in [-0.25, -0.2) is 4.79 Å². The van der Waals surface area contributed by atoms with Crippen LogP contribution in [0.15, 0.2) is 42.6 Å². The Labute approximate surface area is 204 Å². The topological polar surface area (TPSA) is 72.2 Å². The molecule has 0 bridgehead atoms. The van der Waals surface area contributed by atoms with Crippen molar-refractivity contribution in [2.24, 2.45) is 5.92 Å². The van der Waals surface area contributed by atoms with Crippen molar-refractivity contribution in [2.75, 3.05) is 6.61 Å². The summed E-state index contributed by atoms with van der Waals surface area (Å²) in [4.78, 5) is 15.3. The summed E-state index contributed by atoms with van der Waals surface area (Å²) in [5, 5.41) is 9.91. The predicted octanol–water partition coefficient (Wildman–Crippen LogP) is 7.01. The van der Waals surface area contributed by atoms with Gasteiger partial charge < -0.3 is 9.16 Å². The number of halogens is 1. The van der Waals surface area contributed by atoms with E-state index in [4.69, 9.17) is 20.8 Å². The normalized spacial score (nSPS) is 13.8. The van der Waals surface area contributed by atoms with Crippen LogP contribution in [0.2, 0.25) is 18.1 Å². The highest BCUT2D eigenvalue weighted by atomic mass is 35.5. The van der Waals surface area contributed by atoms with Gasteiger partial charge in [0.15, 0.2) is 8.32 Å². The Morgan fingerprint density at radius 2 is 1.85 bits per heavy atom. The zero-order valence-corrected chi connectivity index (χ0v) is 22.3. The Hall–Kier alpha value is -2.20. The maximum atomic E-state index is 11.0. The number of nitrogens with zero attached hydrogens (tertiary/aromatic N) is 2. The molecule has 2 unspecified atom stereocenters. The van der Waals surface area contributed by atoms with Crippen LogP contribution in [-0.2, 0) is 28.6 Å². The first-order valence-electron chi connectivity index (χ1n) is 11.3. The molecule has 0 saturated carbocycles. The van der Waals surface area contributed by atoms with Gasteiger partial charge >= 0.3 is 5.43 Å². The number of ether oxygens (including phenoxy) is 1. The Bertz CT molecular complexity index is 968. The van der Waals surface area contributed by atoms with Crippen LogP contribution in [-0.4, -0.2) is 25.3 Å². The van der Waals surface area contributed by atoms with Crippen molar-refractivity contribution in [2.45, 2.75) is 71.2 Å². The van der Waals surface area contributed by atoms with Crippen LogP contribution in [0.4, 0.5) is 4.79 Å². The molecule has 1 heterocycles. The minimum atomic E-state index is -1.90. The second-order valence-corrected chi connectivity index (χ2v) is 15.2. The van der Waals surface area contributed by atoms with Crippen molar-refractivity contribution >= 4 is 25.3 Å². The van der Waals surface area contributed by atoms with E-state index in [9.17, 15) is 10.1 Å². The van der Waals surface area contributed by atoms with E-state index in [1.807, 2.05) is 18.2 Å². The lowest BCUT2D eigenvalue weighted by Crippen LogP contribution is -2.40. The lowest BCUT2D eigenvalue weighted by Gasteiger charge is -2.36. The Kier molecular flexibility index (Phi) is 9.66. The largest absolute Gasteiger partial charge is 0.453 e. The number of rotatable bonds is 10. The standard InChI is InChI=1S/C26H35ClN2O3Si/c1-19(23(17-28)24-9-7-8-11-29-24)13-21-14-20(10-12-31-25(27)30)15-22(16-21)18-32-33(5,6)26(2,3)4/h7-9,11,14-16,19,23H,10,12-13,18H2,1-6H3. The molecule has 1 aromatic carbocycles. The predicted molar refractivity (Wildman–Crippen MR) is 135 cm³/mol. The van der Waals surface area contributed by atoms with Gasteiger partial charge in [-0.15, -0.1) is 0 Å². The van der Waals surface area contributed by atoms with Crippen molar-refractivity contribution in [3.05, 3.63) is 65.0 Å². The third-order valence-corrected chi connectivity index (χ3v) is 11.0. The summed E-state index contributed by atoms with van der Waals surface area (Å²) < 4.78 is 11.4. The first-order chi connectivity index (χ1) is 15.4. The molecule has 0 radical (unpaired) electrons. The molecular formula is C26H35ClN2O3Si. The van der Waals surface area contributed by atoms with Gasteiger partial charge in [0, 0.05) is 24.2 Å². The molecule has 5 nitrogen and oxygen atoms in total. The Morgan fingerprint density at radius 3 is 2.42 bits per heavy atom. The number of pyridine rings is 1. The maximum absolute atomic E-state index is 11.0. The molecule has 0 saturated heterocycles. The van der Waals surface area contributed by atoms with Crippen LogP contribution >= 0.6 is 11.6 Å². The molecule has 178 valence electrons. The van der Waals surface area contributed by atoms with Crippen LogP contribution in [0.5, 0.6) is 0 Å². The lowest BCUT2D eigenvalue weighted by atomic mass is 9.86. The molecule has 0 aliphatic heterocycles. The molecular weight excluding hydrogens is 452 g/mol. The van der Waals surface area contributed by atoms with Crippen LogP contribution in [0, 0.1) is 17.2 Å². The summed E-state index contributed by atoms with van der Waals surface area (Å²) in [6.45, 7) is 14.0. The van der Waals surface area contributed by atoms with Crippen LogP contribution in [0.25, 0.3) is 0 Å². The first-order valence-corrected chi connectivity index (χ1v) is 14.6. The van der Waals surface area contributed by atoms with Crippen LogP contribution < -0.4 is 0 Å². The highest BCUT2D eigenvalue weighted by Gasteiger charge is 2.37. The number of nitriles is 1. The number of aromatic nitrogens is 1. The van der Waals surface area contributed by atoms with Gasteiger partial charge in [-0.3, -0.25) is 4.98 Å². The molecule has 2 atom stereocenters. The fourth-order valence-corrected chi connectivity index (χ4v) is 4.49. The lowest BCUT2D eigenvalue weighted by molar-refractivity contribution is 0.175. The highest BCUT2D eigenvalue weighted by molar-refractivity contribution is 6.74. The number of benzene rings is 1. The van der Waals surface area contributed by atoms with E-state index in [0.717, 1.165) is 28.8 Å². The quantitative estimate of drug-likeness (QED) is 0.267. The number of hydrogen-bond acceptors (Lipinski definition) is 5. The summed E-state index contributed by atoms with van der Waals surface area (Å²) in [6, 6.07) is 14.5. The summed E-state index contributed by atoms with van der Waals surface area (Å²) >= 11 is 5.31. The minimum absolute atomic E-state index is 0.0787. The summed E-state index contributed by atoms with van der Waals surface area (Å²) in [7, 11) is -1.90. The van der Waals surface area contributed by atoms with Gasteiger partial charge in [0.05, 0.1) is 30.9 Å². The van der Waals surface area contributed by atoms with Gasteiger partial charge in [0.1, 0.15) is 0 Å². The van der Waals surface area contributed by atoms with E-state index in [1.165, 1.54) is 0 Å². The fraction of sp³-hybridized carbons (Fsp3) is 0.500. The molecule has 0 fully saturated rings. The Balaban J connectivity index is 2.25. The van der Waals surface area contributed by atoms with Gasteiger partial charge in [-0.05, 0) is 59.3 Å². The molecule has 7 heteroatoms. The SMILES string of the molecule is CC(Cc1cc(CCOC(=O)Cl)cc(CO[Si](C)(C)C(C)(C)C)c1)C(C#N)c1ccccn1. The minimum Gasteiger partial charge on any atom is -0.453 e. The van der Waals surface area contributed by atoms with Crippen molar-refractivity contribution in [3.63, 3.8) is 0 Å². The average Bonchev–Trinajstić information content (AvgIpc) is 2.72. The highest BCUT2D eigenvalue weighted by Crippen LogP contribution is 2.37. The number of carbonyl (C=O) groups is 1. The van der Waals surface area contributed by atoms with Crippen LogP contribution in [0.1, 0.15) is 56.0 Å². The maximum Gasteiger partial charge on any atom is 0.403 e. The van der Waals surface area contributed by atoms with E-state index in [0.29, 0.717) is 13.0 Å². The number of carbonyl (C=O) groups excluding carboxylic acids is 1. The smallest absolute Gasteiger partial charge is 0.403 e. The molecule has 2 rings (SSSR count). The summed E-state index contributed by atoms with van der Waals surface area (Å²) in [5.41, 5.74) is 3.26. The zero-order valence-electron chi connectivity index (χ0n) is 20.5. The summed E-state index contributed by atoms with van der Waals surface area (Å²) in [5.74, 6) is -0.214. The Morgan fingerprint density at radius 1 is 1.18 bits per heavy atom. The number of hydrogen-bond donors (Lipinski definition) is 0. The van der Waals surface area contributed by atoms with E-state index in [2.05, 4.69) is 70.0 Å². The second kappa shape index (κ2) is 11.8. The van der Waals surface area contributed by atoms with Crippen molar-refractivity contribution < 1.29 is 14.0 Å². The van der Waals surface area contributed by atoms with Gasteiger partial charge in [-0.1, -0.05) is 52.0 Å². The van der Waals surface area contributed by atoms with Gasteiger partial charge in [-0.2, -0.15) is 5.26 Å². The molecule has 2 aromatic rings. The second-order valence-electron chi connectivity index (χ2n) is 10.1. The van der Waals surface area contributed by atoms with E-state index >= 15 is 0 Å². The van der Waals surface area contributed by atoms with E-state index < -0.39 is 13.7 Å². The molecule has 33 heavy (non-hydrogen) atoms. The third-order valence-electron chi connectivity index (χ3n) is 6.40. The monoisotopic (exact) mass is 486 g/mol. The van der Waals surface area contributed by atoms with Crippen molar-refractivity contribution in [3.8, 4) is 6.07 Å². The third kappa shape index (κ3) is 8.26.